The van der Waals surface area contributed by atoms with E-state index in [0.29, 0.717) is 18.1 Å². The van der Waals surface area contributed by atoms with Gasteiger partial charge in [0.2, 0.25) is 0 Å². The fraction of sp³-hybridized carbons (Fsp3) is 0.562. The van der Waals surface area contributed by atoms with Gasteiger partial charge in [-0.1, -0.05) is 12.5 Å². The summed E-state index contributed by atoms with van der Waals surface area (Å²) in [6.07, 6.45) is 5.41. The lowest BCUT2D eigenvalue weighted by molar-refractivity contribution is -0.123. The van der Waals surface area contributed by atoms with Gasteiger partial charge in [-0.25, -0.2) is 4.39 Å². The van der Waals surface area contributed by atoms with Gasteiger partial charge in [-0.15, -0.1) is 0 Å². The zero-order valence-corrected chi connectivity index (χ0v) is 10.8. The number of fused-ring (bicyclic) bond motifs is 2. The Kier molecular flexibility index (Phi) is 2.96. The standard InChI is InChI=1S/C16H19FO/c1-10-6-14(17)5-4-12(10)9-16(18)15-8-11-2-3-13(15)7-11/h4-6,11,13,15H,2-3,7-9H2,1H3. The number of Topliss-reactive ketones (excluding diaryl/α,β-unsaturated/α-hetero) is 1. The first-order valence-electron chi connectivity index (χ1n) is 6.91. The van der Waals surface area contributed by atoms with Crippen LogP contribution in [0.2, 0.25) is 0 Å². The zero-order chi connectivity index (χ0) is 12.7. The molecule has 0 radical (unpaired) electrons. The normalized spacial score (nSPS) is 29.8. The molecular weight excluding hydrogens is 227 g/mol. The third-order valence-corrected chi connectivity index (χ3v) is 4.82. The molecule has 96 valence electrons. The van der Waals surface area contributed by atoms with Crippen LogP contribution in [0, 0.1) is 30.5 Å². The lowest BCUT2D eigenvalue weighted by atomic mass is 9.83. The molecule has 3 unspecified atom stereocenters. The van der Waals surface area contributed by atoms with Crippen LogP contribution >= 0.6 is 0 Å². The number of hydrogen-bond acceptors (Lipinski definition) is 1. The van der Waals surface area contributed by atoms with Crippen molar-refractivity contribution in [2.45, 2.75) is 39.0 Å². The highest BCUT2D eigenvalue weighted by molar-refractivity contribution is 5.84. The maximum Gasteiger partial charge on any atom is 0.140 e. The molecule has 0 spiro atoms. The first kappa shape index (κ1) is 11.9. The SMILES string of the molecule is Cc1cc(F)ccc1CC(=O)C1CC2CCC1C2. The van der Waals surface area contributed by atoms with Crippen molar-refractivity contribution < 1.29 is 9.18 Å². The molecule has 1 aromatic carbocycles. The second kappa shape index (κ2) is 4.49. The second-order valence-corrected chi connectivity index (χ2v) is 6.00. The Labute approximate surface area is 107 Å². The molecule has 2 saturated carbocycles. The Morgan fingerprint density at radius 1 is 1.33 bits per heavy atom. The molecule has 3 rings (SSSR count). The number of aryl methyl sites for hydroxylation is 1. The number of benzene rings is 1. The lowest BCUT2D eigenvalue weighted by Gasteiger charge is -2.20. The van der Waals surface area contributed by atoms with Crippen molar-refractivity contribution in [3.8, 4) is 0 Å². The molecule has 0 aliphatic heterocycles. The molecule has 0 aromatic heterocycles. The predicted molar refractivity (Wildman–Crippen MR) is 68.8 cm³/mol. The highest BCUT2D eigenvalue weighted by Gasteiger charge is 2.42. The van der Waals surface area contributed by atoms with E-state index in [1.54, 1.807) is 6.07 Å². The van der Waals surface area contributed by atoms with Gasteiger partial charge < -0.3 is 0 Å². The van der Waals surface area contributed by atoms with E-state index in [4.69, 9.17) is 0 Å². The fourth-order valence-electron chi connectivity index (χ4n) is 3.82. The summed E-state index contributed by atoms with van der Waals surface area (Å²) in [5, 5.41) is 0. The molecule has 2 bridgehead atoms. The number of rotatable bonds is 3. The predicted octanol–water partition coefficient (Wildman–Crippen LogP) is 3.68. The molecule has 0 amide bonds. The van der Waals surface area contributed by atoms with Gasteiger partial charge in [-0.05, 0) is 61.3 Å². The van der Waals surface area contributed by atoms with Crippen LogP contribution < -0.4 is 0 Å². The van der Waals surface area contributed by atoms with Crippen LogP contribution in [0.15, 0.2) is 18.2 Å². The first-order chi connectivity index (χ1) is 8.63. The van der Waals surface area contributed by atoms with E-state index in [9.17, 15) is 9.18 Å². The summed E-state index contributed by atoms with van der Waals surface area (Å²) in [5.74, 6) is 1.88. The Hall–Kier alpha value is -1.18. The van der Waals surface area contributed by atoms with Crippen molar-refractivity contribution in [1.29, 1.82) is 0 Å². The van der Waals surface area contributed by atoms with Crippen molar-refractivity contribution in [2.75, 3.05) is 0 Å². The molecule has 0 saturated heterocycles. The quantitative estimate of drug-likeness (QED) is 0.795. The number of hydrogen-bond donors (Lipinski definition) is 0. The molecule has 0 heterocycles. The summed E-state index contributed by atoms with van der Waals surface area (Å²) in [7, 11) is 0. The third-order valence-electron chi connectivity index (χ3n) is 4.82. The van der Waals surface area contributed by atoms with Gasteiger partial charge in [0.1, 0.15) is 11.6 Å². The highest BCUT2D eigenvalue weighted by atomic mass is 19.1. The molecular formula is C16H19FO. The Balaban J connectivity index is 1.71. The average molecular weight is 246 g/mol. The summed E-state index contributed by atoms with van der Waals surface area (Å²) in [5.41, 5.74) is 1.88. The third kappa shape index (κ3) is 2.09. The van der Waals surface area contributed by atoms with E-state index >= 15 is 0 Å². The Morgan fingerprint density at radius 3 is 2.78 bits per heavy atom. The van der Waals surface area contributed by atoms with Gasteiger partial charge in [0.05, 0.1) is 0 Å². The van der Waals surface area contributed by atoms with Crippen molar-refractivity contribution in [1.82, 2.24) is 0 Å². The molecule has 2 aliphatic carbocycles. The van der Waals surface area contributed by atoms with Gasteiger partial charge in [-0.3, -0.25) is 4.79 Å². The molecule has 2 fully saturated rings. The summed E-state index contributed by atoms with van der Waals surface area (Å²) in [4.78, 5) is 12.3. The molecule has 1 aromatic rings. The average Bonchev–Trinajstić information content (AvgIpc) is 2.94. The van der Waals surface area contributed by atoms with E-state index < -0.39 is 0 Å². The Bertz CT molecular complexity index is 480. The molecule has 0 N–H and O–H groups in total. The highest BCUT2D eigenvalue weighted by Crippen LogP contribution is 2.48. The van der Waals surface area contributed by atoms with Crippen LogP contribution in [0.1, 0.15) is 36.8 Å². The van der Waals surface area contributed by atoms with Crippen molar-refractivity contribution in [3.05, 3.63) is 35.1 Å². The number of ketones is 1. The Morgan fingerprint density at radius 2 is 2.17 bits per heavy atom. The van der Waals surface area contributed by atoms with Crippen LogP contribution in [-0.2, 0) is 11.2 Å². The van der Waals surface area contributed by atoms with Gasteiger partial charge in [0, 0.05) is 12.3 Å². The van der Waals surface area contributed by atoms with Crippen LogP contribution in [0.4, 0.5) is 4.39 Å². The maximum absolute atomic E-state index is 13.0. The number of carbonyl (C=O) groups excluding carboxylic acids is 1. The van der Waals surface area contributed by atoms with Crippen LogP contribution in [0.3, 0.4) is 0 Å². The van der Waals surface area contributed by atoms with Crippen LogP contribution in [-0.4, -0.2) is 5.78 Å². The summed E-state index contributed by atoms with van der Waals surface area (Å²) >= 11 is 0. The lowest BCUT2D eigenvalue weighted by Crippen LogP contribution is -2.22. The molecule has 2 heteroatoms. The summed E-state index contributed by atoms with van der Waals surface area (Å²) < 4.78 is 13.0. The van der Waals surface area contributed by atoms with E-state index in [1.807, 2.05) is 6.92 Å². The van der Waals surface area contributed by atoms with Crippen molar-refractivity contribution in [2.24, 2.45) is 17.8 Å². The van der Waals surface area contributed by atoms with E-state index in [1.165, 1.54) is 31.4 Å². The fourth-order valence-corrected chi connectivity index (χ4v) is 3.82. The second-order valence-electron chi connectivity index (χ2n) is 6.00. The van der Waals surface area contributed by atoms with E-state index in [-0.39, 0.29) is 11.7 Å². The minimum absolute atomic E-state index is 0.219. The molecule has 18 heavy (non-hydrogen) atoms. The van der Waals surface area contributed by atoms with Crippen LogP contribution in [0.5, 0.6) is 0 Å². The molecule has 3 atom stereocenters. The first-order valence-corrected chi connectivity index (χ1v) is 6.91. The smallest absolute Gasteiger partial charge is 0.140 e. The number of halogens is 1. The number of carbonyl (C=O) groups is 1. The monoisotopic (exact) mass is 246 g/mol. The van der Waals surface area contributed by atoms with Gasteiger partial charge >= 0.3 is 0 Å². The topological polar surface area (TPSA) is 17.1 Å². The van der Waals surface area contributed by atoms with Crippen molar-refractivity contribution >= 4 is 5.78 Å². The summed E-state index contributed by atoms with van der Waals surface area (Å²) in [6.45, 7) is 1.88. The van der Waals surface area contributed by atoms with Crippen LogP contribution in [0.25, 0.3) is 0 Å². The minimum atomic E-state index is -0.219. The van der Waals surface area contributed by atoms with Gasteiger partial charge in [0.25, 0.3) is 0 Å². The summed E-state index contributed by atoms with van der Waals surface area (Å²) in [6, 6.07) is 4.73. The zero-order valence-electron chi connectivity index (χ0n) is 10.8. The van der Waals surface area contributed by atoms with Gasteiger partial charge in [-0.2, -0.15) is 0 Å². The maximum atomic E-state index is 13.0. The van der Waals surface area contributed by atoms with Crippen molar-refractivity contribution in [3.63, 3.8) is 0 Å². The minimum Gasteiger partial charge on any atom is -0.299 e. The largest absolute Gasteiger partial charge is 0.299 e. The van der Waals surface area contributed by atoms with Gasteiger partial charge in [0.15, 0.2) is 0 Å². The molecule has 2 aliphatic rings. The van der Waals surface area contributed by atoms with E-state index in [0.717, 1.165) is 23.5 Å². The molecule has 1 nitrogen and oxygen atoms in total. The van der Waals surface area contributed by atoms with E-state index in [2.05, 4.69) is 0 Å².